The van der Waals surface area contributed by atoms with E-state index >= 15 is 0 Å². The van der Waals surface area contributed by atoms with Crippen molar-refractivity contribution in [3.05, 3.63) is 30.3 Å². The number of nitrogens with one attached hydrogen (secondary N) is 1. The van der Waals surface area contributed by atoms with Crippen molar-refractivity contribution < 1.29 is 8.42 Å². The molecule has 1 rings (SSSR count). The summed E-state index contributed by atoms with van der Waals surface area (Å²) in [5.41, 5.74) is 0. The third kappa shape index (κ3) is 5.01. The maximum Gasteiger partial charge on any atom is 0.211 e. The molecule has 3 nitrogen and oxygen atoms in total. The Bertz CT molecular complexity index is 403. The molecule has 1 N–H and O–H groups in total. The Labute approximate surface area is 102 Å². The van der Waals surface area contributed by atoms with Gasteiger partial charge in [-0.2, -0.15) is 0 Å². The molecule has 0 amide bonds. The van der Waals surface area contributed by atoms with Crippen molar-refractivity contribution in [3.63, 3.8) is 0 Å². The molecule has 0 aliphatic heterocycles. The van der Waals surface area contributed by atoms with E-state index in [0.717, 1.165) is 4.90 Å². The highest BCUT2D eigenvalue weighted by molar-refractivity contribution is 8.00. The molecule has 0 spiro atoms. The first-order chi connectivity index (χ1) is 7.53. The van der Waals surface area contributed by atoms with Crippen LogP contribution in [0.2, 0.25) is 0 Å². The van der Waals surface area contributed by atoms with E-state index in [4.69, 9.17) is 0 Å². The summed E-state index contributed by atoms with van der Waals surface area (Å²) in [7, 11) is -3.07. The second kappa shape index (κ2) is 6.27. The van der Waals surface area contributed by atoms with Gasteiger partial charge in [0, 0.05) is 16.7 Å². The zero-order valence-electron chi connectivity index (χ0n) is 9.51. The number of benzene rings is 1. The van der Waals surface area contributed by atoms with Gasteiger partial charge in [0.15, 0.2) is 0 Å². The fourth-order valence-electron chi connectivity index (χ4n) is 1.12. The second-order valence-corrected chi connectivity index (χ2v) is 7.10. The van der Waals surface area contributed by atoms with Crippen LogP contribution in [0.3, 0.4) is 0 Å². The summed E-state index contributed by atoms with van der Waals surface area (Å²) in [6.45, 7) is 4.11. The average Bonchev–Trinajstić information content (AvgIpc) is 2.28. The molecule has 5 heteroatoms. The number of thioether (sulfide) groups is 1. The van der Waals surface area contributed by atoms with Gasteiger partial charge in [0.25, 0.3) is 0 Å². The van der Waals surface area contributed by atoms with Crippen LogP contribution in [0.25, 0.3) is 0 Å². The smallest absolute Gasteiger partial charge is 0.211 e. The lowest BCUT2D eigenvalue weighted by atomic mass is 10.4. The number of hydrogen-bond donors (Lipinski definition) is 1. The number of rotatable bonds is 6. The van der Waals surface area contributed by atoms with E-state index < -0.39 is 10.0 Å². The Morgan fingerprint density at radius 3 is 2.50 bits per heavy atom. The topological polar surface area (TPSA) is 46.2 Å². The fourth-order valence-corrected chi connectivity index (χ4v) is 2.88. The SMILES string of the molecule is CCS(=O)(=O)NC[C@H](C)Sc1ccccc1. The molecule has 0 bridgehead atoms. The van der Waals surface area contributed by atoms with Gasteiger partial charge in [-0.25, -0.2) is 13.1 Å². The van der Waals surface area contributed by atoms with Gasteiger partial charge in [0.2, 0.25) is 10.0 Å². The summed E-state index contributed by atoms with van der Waals surface area (Å²) < 4.78 is 25.1. The monoisotopic (exact) mass is 259 g/mol. The van der Waals surface area contributed by atoms with Gasteiger partial charge in [-0.3, -0.25) is 0 Å². The first-order valence-electron chi connectivity index (χ1n) is 5.22. The summed E-state index contributed by atoms with van der Waals surface area (Å²) >= 11 is 1.67. The lowest BCUT2D eigenvalue weighted by Crippen LogP contribution is -2.30. The highest BCUT2D eigenvalue weighted by Gasteiger charge is 2.09. The quantitative estimate of drug-likeness (QED) is 0.796. The van der Waals surface area contributed by atoms with Crippen LogP contribution in [-0.2, 0) is 10.0 Å². The second-order valence-electron chi connectivity index (χ2n) is 3.49. The maximum atomic E-state index is 11.2. The van der Waals surface area contributed by atoms with Gasteiger partial charge in [-0.15, -0.1) is 11.8 Å². The van der Waals surface area contributed by atoms with Gasteiger partial charge in [0.1, 0.15) is 0 Å². The molecule has 0 fully saturated rings. The standard InChI is InChI=1S/C11H17NO2S2/c1-3-16(13,14)12-9-10(2)15-11-7-5-4-6-8-11/h4-8,10,12H,3,9H2,1-2H3/t10-/m0/s1. The lowest BCUT2D eigenvalue weighted by molar-refractivity contribution is 0.582. The van der Waals surface area contributed by atoms with E-state index in [0.29, 0.717) is 6.54 Å². The van der Waals surface area contributed by atoms with Crippen LogP contribution in [0.4, 0.5) is 0 Å². The summed E-state index contributed by atoms with van der Waals surface area (Å²) in [6.07, 6.45) is 0. The van der Waals surface area contributed by atoms with Crippen molar-refractivity contribution in [3.8, 4) is 0 Å². The maximum absolute atomic E-state index is 11.2. The summed E-state index contributed by atoms with van der Waals surface area (Å²) in [5, 5.41) is 0.226. The Hall–Kier alpha value is -0.520. The minimum absolute atomic E-state index is 0.135. The first kappa shape index (κ1) is 13.5. The zero-order chi connectivity index (χ0) is 12.0. The molecular weight excluding hydrogens is 242 g/mol. The molecule has 1 aromatic carbocycles. The summed E-state index contributed by atoms with van der Waals surface area (Å²) in [5.74, 6) is 0.135. The van der Waals surface area contributed by atoms with Gasteiger partial charge in [-0.1, -0.05) is 25.1 Å². The first-order valence-corrected chi connectivity index (χ1v) is 7.75. The van der Waals surface area contributed by atoms with Crippen LogP contribution in [0.1, 0.15) is 13.8 Å². The molecule has 1 aromatic rings. The number of sulfonamides is 1. The minimum atomic E-state index is -3.07. The summed E-state index contributed by atoms with van der Waals surface area (Å²) in [6, 6.07) is 9.97. The third-order valence-corrected chi connectivity index (χ3v) is 4.53. The molecule has 0 saturated carbocycles. The normalized spacial score (nSPS) is 13.6. The largest absolute Gasteiger partial charge is 0.214 e. The molecule has 0 aliphatic rings. The average molecular weight is 259 g/mol. The summed E-state index contributed by atoms with van der Waals surface area (Å²) in [4.78, 5) is 1.16. The fraction of sp³-hybridized carbons (Fsp3) is 0.455. The molecular formula is C11H17NO2S2. The van der Waals surface area contributed by atoms with Crippen molar-refractivity contribution >= 4 is 21.8 Å². The highest BCUT2D eigenvalue weighted by Crippen LogP contribution is 2.21. The van der Waals surface area contributed by atoms with Crippen LogP contribution in [0.5, 0.6) is 0 Å². The molecule has 0 saturated heterocycles. The molecule has 0 unspecified atom stereocenters. The number of hydrogen-bond acceptors (Lipinski definition) is 3. The Kier molecular flexibility index (Phi) is 5.31. The van der Waals surface area contributed by atoms with Gasteiger partial charge < -0.3 is 0 Å². The Morgan fingerprint density at radius 1 is 1.31 bits per heavy atom. The molecule has 0 heterocycles. The van der Waals surface area contributed by atoms with Crippen molar-refractivity contribution in [2.24, 2.45) is 0 Å². The predicted octanol–water partition coefficient (Wildman–Crippen LogP) is 2.11. The van der Waals surface area contributed by atoms with Crippen LogP contribution in [0, 0.1) is 0 Å². The van der Waals surface area contributed by atoms with Crippen molar-refractivity contribution in [1.82, 2.24) is 4.72 Å². The van der Waals surface area contributed by atoms with Crippen molar-refractivity contribution in [2.45, 2.75) is 24.0 Å². The Balaban J connectivity index is 2.40. The predicted molar refractivity (Wildman–Crippen MR) is 69.2 cm³/mol. The molecule has 0 radical (unpaired) electrons. The van der Waals surface area contributed by atoms with E-state index in [2.05, 4.69) is 4.72 Å². The van der Waals surface area contributed by atoms with E-state index in [1.165, 1.54) is 0 Å². The molecule has 16 heavy (non-hydrogen) atoms. The highest BCUT2D eigenvalue weighted by atomic mass is 32.2. The van der Waals surface area contributed by atoms with E-state index in [1.807, 2.05) is 37.3 Å². The van der Waals surface area contributed by atoms with Crippen LogP contribution in [0.15, 0.2) is 35.2 Å². The van der Waals surface area contributed by atoms with Gasteiger partial charge in [0.05, 0.1) is 5.75 Å². The molecule has 0 aromatic heterocycles. The van der Waals surface area contributed by atoms with E-state index in [1.54, 1.807) is 18.7 Å². The van der Waals surface area contributed by atoms with Gasteiger partial charge >= 0.3 is 0 Å². The molecule has 90 valence electrons. The van der Waals surface area contributed by atoms with Gasteiger partial charge in [-0.05, 0) is 19.1 Å². The van der Waals surface area contributed by atoms with Crippen LogP contribution < -0.4 is 4.72 Å². The Morgan fingerprint density at radius 2 is 1.94 bits per heavy atom. The molecule has 0 aliphatic carbocycles. The lowest BCUT2D eigenvalue weighted by Gasteiger charge is -2.11. The third-order valence-electron chi connectivity index (χ3n) is 2.05. The van der Waals surface area contributed by atoms with E-state index in [9.17, 15) is 8.42 Å². The molecule has 1 atom stereocenters. The van der Waals surface area contributed by atoms with Crippen LogP contribution >= 0.6 is 11.8 Å². The van der Waals surface area contributed by atoms with Crippen LogP contribution in [-0.4, -0.2) is 26.0 Å². The minimum Gasteiger partial charge on any atom is -0.214 e. The van der Waals surface area contributed by atoms with Crippen molar-refractivity contribution in [2.75, 3.05) is 12.3 Å². The van der Waals surface area contributed by atoms with Crippen molar-refractivity contribution in [1.29, 1.82) is 0 Å². The zero-order valence-corrected chi connectivity index (χ0v) is 11.1. The van der Waals surface area contributed by atoms with E-state index in [-0.39, 0.29) is 11.0 Å².